The number of ether oxygens (including phenoxy) is 4. The van der Waals surface area contributed by atoms with Crippen LogP contribution < -0.4 is 9.47 Å². The van der Waals surface area contributed by atoms with Crippen LogP contribution in [-0.4, -0.2) is 60.6 Å². The van der Waals surface area contributed by atoms with Gasteiger partial charge in [-0.3, -0.25) is 9.69 Å². The molecule has 2 aromatic rings. The highest BCUT2D eigenvalue weighted by Gasteiger charge is 2.24. The molecule has 166 valence electrons. The molecule has 2 aliphatic rings. The van der Waals surface area contributed by atoms with E-state index in [2.05, 4.69) is 38.9 Å². The second kappa shape index (κ2) is 10.6. The zero-order valence-electron chi connectivity index (χ0n) is 18.0. The summed E-state index contributed by atoms with van der Waals surface area (Å²) in [7, 11) is 1.73. The lowest BCUT2D eigenvalue weighted by molar-refractivity contribution is -0.148. The van der Waals surface area contributed by atoms with Gasteiger partial charge in [-0.1, -0.05) is 24.3 Å². The van der Waals surface area contributed by atoms with Crippen LogP contribution in [-0.2, 0) is 16.1 Å². The van der Waals surface area contributed by atoms with Crippen LogP contribution in [0, 0.1) is 5.92 Å². The summed E-state index contributed by atoms with van der Waals surface area (Å²) in [5.74, 6) is 1.58. The summed E-state index contributed by atoms with van der Waals surface area (Å²) >= 11 is 0. The monoisotopic (exact) mass is 427 g/mol. The van der Waals surface area contributed by atoms with Crippen molar-refractivity contribution in [3.05, 3.63) is 53.7 Å². The van der Waals surface area contributed by atoms with Crippen molar-refractivity contribution in [2.45, 2.75) is 31.9 Å². The number of aliphatic hydroxyl groups is 2. The maximum absolute atomic E-state index is 11.9. The van der Waals surface area contributed by atoms with Gasteiger partial charge in [0.05, 0.1) is 0 Å². The first-order chi connectivity index (χ1) is 15.2. The molecule has 0 bridgehead atoms. The molecule has 0 unspecified atom stereocenters. The predicted molar refractivity (Wildman–Crippen MR) is 116 cm³/mol. The molecule has 0 aliphatic carbocycles. The minimum Gasteiger partial charge on any atom is -0.484 e. The minimum atomic E-state index is -0.141. The van der Waals surface area contributed by atoms with E-state index in [1.54, 1.807) is 13.3 Å². The van der Waals surface area contributed by atoms with E-state index in [0.717, 1.165) is 38.0 Å². The molecule has 0 saturated carbocycles. The standard InChI is InChI=1S/C24H30N2O5/c1-28-13-14-29-23(27)15-18-8-11-26(12-9-18)16-19-4-6-20(7-5-19)22-17-30-21-3-2-10-25-24(21)31-22/h2-7,10,18,22H,8-9,11-17H2,1H3/p+1/t22-/m1/s1. The molecule has 2 aliphatic heterocycles. The fourth-order valence-electron chi connectivity index (χ4n) is 4.06. The van der Waals surface area contributed by atoms with Gasteiger partial charge in [-0.25, -0.2) is 4.98 Å². The SMILES string of the molecule is C[OH+]CCOC(=O)CC1CCN(Cc2ccc([C@H]3COc4cccnc4O3)cc2)CC1. The summed E-state index contributed by atoms with van der Waals surface area (Å²) in [5.41, 5.74) is 2.37. The van der Waals surface area contributed by atoms with E-state index in [4.69, 9.17) is 14.2 Å². The molecule has 1 saturated heterocycles. The van der Waals surface area contributed by atoms with Crippen LogP contribution in [0.15, 0.2) is 42.6 Å². The van der Waals surface area contributed by atoms with Crippen molar-refractivity contribution in [3.63, 3.8) is 0 Å². The number of hydrogen-bond acceptors (Lipinski definition) is 6. The first kappa shape index (κ1) is 21.6. The van der Waals surface area contributed by atoms with Gasteiger partial charge in [0.15, 0.2) is 25.1 Å². The first-order valence-corrected chi connectivity index (χ1v) is 11.0. The third-order valence-corrected chi connectivity index (χ3v) is 5.88. The number of rotatable bonds is 8. The second-order valence-corrected chi connectivity index (χ2v) is 8.15. The average molecular weight is 428 g/mol. The van der Waals surface area contributed by atoms with Gasteiger partial charge in [0.25, 0.3) is 5.88 Å². The van der Waals surface area contributed by atoms with Crippen LogP contribution in [0.1, 0.15) is 36.5 Å². The molecule has 1 atom stereocenters. The predicted octanol–water partition coefficient (Wildman–Crippen LogP) is 2.90. The minimum absolute atomic E-state index is 0.0931. The number of aromatic nitrogens is 1. The van der Waals surface area contributed by atoms with Gasteiger partial charge < -0.3 is 18.9 Å². The normalized spacial score (nSPS) is 19.2. The third kappa shape index (κ3) is 5.95. The van der Waals surface area contributed by atoms with E-state index in [-0.39, 0.29) is 12.1 Å². The Morgan fingerprint density at radius 1 is 1.23 bits per heavy atom. The molecule has 1 aromatic heterocycles. The summed E-state index contributed by atoms with van der Waals surface area (Å²) in [6, 6.07) is 12.3. The fourth-order valence-corrected chi connectivity index (χ4v) is 4.06. The third-order valence-electron chi connectivity index (χ3n) is 5.88. The lowest BCUT2D eigenvalue weighted by Crippen LogP contribution is -2.34. The molecule has 0 radical (unpaired) electrons. The molecule has 1 aromatic carbocycles. The molecule has 7 nitrogen and oxygen atoms in total. The molecule has 3 heterocycles. The van der Waals surface area contributed by atoms with Crippen LogP contribution in [0.25, 0.3) is 0 Å². The number of esters is 1. The lowest BCUT2D eigenvalue weighted by atomic mass is 9.93. The Bertz CT molecular complexity index is 849. The zero-order chi connectivity index (χ0) is 21.5. The summed E-state index contributed by atoms with van der Waals surface area (Å²) in [4.78, 5) is 18.6. The van der Waals surface area contributed by atoms with E-state index >= 15 is 0 Å². The number of nitrogens with zero attached hydrogens (tertiary/aromatic N) is 2. The van der Waals surface area contributed by atoms with Crippen LogP contribution in [0.4, 0.5) is 0 Å². The number of hydrogen-bond donors (Lipinski definition) is 0. The van der Waals surface area contributed by atoms with Gasteiger partial charge in [-0.2, -0.15) is 0 Å². The summed E-state index contributed by atoms with van der Waals surface area (Å²) in [5, 5.41) is 0. The molecule has 1 N–H and O–H groups in total. The van der Waals surface area contributed by atoms with Crippen molar-refractivity contribution < 1.29 is 23.7 Å². The van der Waals surface area contributed by atoms with Crippen molar-refractivity contribution in [3.8, 4) is 11.6 Å². The highest BCUT2D eigenvalue weighted by Crippen LogP contribution is 2.34. The summed E-state index contributed by atoms with van der Waals surface area (Å²) in [6.07, 6.45) is 4.16. The first-order valence-electron chi connectivity index (χ1n) is 11.0. The Hall–Kier alpha value is -2.64. The largest absolute Gasteiger partial charge is 0.484 e. The Balaban J connectivity index is 1.22. The lowest BCUT2D eigenvalue weighted by Gasteiger charge is -2.31. The fraction of sp³-hybridized carbons (Fsp3) is 0.500. The van der Waals surface area contributed by atoms with Crippen LogP contribution in [0.5, 0.6) is 11.6 Å². The number of fused-ring (bicyclic) bond motifs is 1. The van der Waals surface area contributed by atoms with Crippen molar-refractivity contribution in [1.82, 2.24) is 9.88 Å². The number of piperidine rings is 1. The number of carbonyl (C=O) groups excluding carboxylic acids is 1. The molecular weight excluding hydrogens is 396 g/mol. The highest BCUT2D eigenvalue weighted by molar-refractivity contribution is 5.69. The van der Waals surface area contributed by atoms with E-state index in [0.29, 0.717) is 43.8 Å². The maximum atomic E-state index is 11.9. The number of benzene rings is 1. The Morgan fingerprint density at radius 2 is 2.03 bits per heavy atom. The van der Waals surface area contributed by atoms with Gasteiger partial charge in [0.2, 0.25) is 0 Å². The Kier molecular flexibility index (Phi) is 7.38. The van der Waals surface area contributed by atoms with E-state index in [1.807, 2.05) is 12.1 Å². The average Bonchev–Trinajstić information content (AvgIpc) is 2.81. The van der Waals surface area contributed by atoms with Gasteiger partial charge >= 0.3 is 5.97 Å². The van der Waals surface area contributed by atoms with Crippen molar-refractivity contribution in [2.24, 2.45) is 5.92 Å². The van der Waals surface area contributed by atoms with Gasteiger partial charge in [-0.05, 0) is 55.1 Å². The van der Waals surface area contributed by atoms with Crippen molar-refractivity contribution in [1.29, 1.82) is 0 Å². The van der Waals surface area contributed by atoms with Gasteiger partial charge in [-0.15, -0.1) is 0 Å². The quantitative estimate of drug-likeness (QED) is 0.366. The Labute approximate surface area is 183 Å². The molecule has 31 heavy (non-hydrogen) atoms. The maximum Gasteiger partial charge on any atom is 0.306 e. The molecule has 4 rings (SSSR count). The molecular formula is C24H31N2O5+. The zero-order valence-corrected chi connectivity index (χ0v) is 18.0. The number of likely N-dealkylation sites (tertiary alicyclic amines) is 1. The number of pyridine rings is 1. The topological polar surface area (TPSA) is 73.7 Å². The van der Waals surface area contributed by atoms with E-state index < -0.39 is 0 Å². The molecule has 7 heteroatoms. The van der Waals surface area contributed by atoms with Gasteiger partial charge in [0, 0.05) is 19.2 Å². The molecule has 0 amide bonds. The van der Waals surface area contributed by atoms with Crippen LogP contribution in [0.2, 0.25) is 0 Å². The summed E-state index contributed by atoms with van der Waals surface area (Å²) < 4.78 is 20.9. The second-order valence-electron chi connectivity index (χ2n) is 8.15. The van der Waals surface area contributed by atoms with Crippen LogP contribution >= 0.6 is 0 Å². The van der Waals surface area contributed by atoms with Gasteiger partial charge in [0.1, 0.15) is 13.7 Å². The highest BCUT2D eigenvalue weighted by atomic mass is 16.6. The summed E-state index contributed by atoms with van der Waals surface area (Å²) in [6.45, 7) is 4.39. The molecule has 0 spiro atoms. The number of carbonyl (C=O) groups is 1. The van der Waals surface area contributed by atoms with Crippen molar-refractivity contribution >= 4 is 5.97 Å². The van der Waals surface area contributed by atoms with E-state index in [9.17, 15) is 4.79 Å². The van der Waals surface area contributed by atoms with E-state index in [1.165, 1.54) is 5.56 Å². The smallest absolute Gasteiger partial charge is 0.306 e. The van der Waals surface area contributed by atoms with Crippen molar-refractivity contribution in [2.75, 3.05) is 40.0 Å². The Morgan fingerprint density at radius 3 is 2.81 bits per heavy atom. The molecule has 1 fully saturated rings. The van der Waals surface area contributed by atoms with Crippen LogP contribution in [0.3, 0.4) is 0 Å².